The van der Waals surface area contributed by atoms with Crippen molar-refractivity contribution in [1.82, 2.24) is 15.0 Å². The number of fused-ring (bicyclic) bond motifs is 1. The number of pyridine rings is 2. The molecule has 3 heterocycles. The zero-order valence-electron chi connectivity index (χ0n) is 15.6. The van der Waals surface area contributed by atoms with E-state index in [0.717, 1.165) is 40.0 Å². The quantitative estimate of drug-likeness (QED) is 0.660. The molecule has 1 amide bonds. The Labute approximate surface area is 163 Å². The molecule has 2 aromatic heterocycles. The van der Waals surface area contributed by atoms with Gasteiger partial charge >= 0.3 is 0 Å². The normalized spacial score (nSPS) is 14.5. The molecule has 1 fully saturated rings. The van der Waals surface area contributed by atoms with Crippen molar-refractivity contribution in [2.24, 2.45) is 5.10 Å². The van der Waals surface area contributed by atoms with E-state index in [0.29, 0.717) is 24.9 Å². The molecule has 0 N–H and O–H groups in total. The molecule has 6 heteroatoms. The Morgan fingerprint density at radius 3 is 2.93 bits per heavy atom. The van der Waals surface area contributed by atoms with Crippen LogP contribution in [0.1, 0.15) is 35.4 Å². The first-order valence-electron chi connectivity index (χ1n) is 9.23. The lowest BCUT2D eigenvalue weighted by Crippen LogP contribution is -2.22. The minimum atomic E-state index is 0.0384. The SMILES string of the molecule is Cc1cccc(C(Cc2ccnc3ccc(C#N)cc23)=NN2CCCC2=O)n1. The predicted octanol–water partition coefficient (Wildman–Crippen LogP) is 3.38. The Kier molecular flexibility index (Phi) is 4.81. The van der Waals surface area contributed by atoms with Gasteiger partial charge in [0.1, 0.15) is 0 Å². The zero-order valence-corrected chi connectivity index (χ0v) is 15.6. The van der Waals surface area contributed by atoms with E-state index in [-0.39, 0.29) is 5.91 Å². The minimum Gasteiger partial charge on any atom is -0.273 e. The van der Waals surface area contributed by atoms with Crippen LogP contribution in [0.5, 0.6) is 0 Å². The van der Waals surface area contributed by atoms with Gasteiger partial charge in [-0.25, -0.2) is 5.01 Å². The van der Waals surface area contributed by atoms with Crippen molar-refractivity contribution in [3.05, 3.63) is 71.2 Å². The molecule has 0 bridgehead atoms. The molecule has 0 radical (unpaired) electrons. The fraction of sp³-hybridized carbons (Fsp3) is 0.227. The first-order chi connectivity index (χ1) is 13.6. The van der Waals surface area contributed by atoms with Crippen molar-refractivity contribution in [1.29, 1.82) is 5.26 Å². The molecule has 6 nitrogen and oxygen atoms in total. The molecular weight excluding hydrogens is 350 g/mol. The molecule has 1 saturated heterocycles. The molecule has 1 aliphatic rings. The van der Waals surface area contributed by atoms with E-state index < -0.39 is 0 Å². The van der Waals surface area contributed by atoms with Crippen molar-refractivity contribution < 1.29 is 4.79 Å². The van der Waals surface area contributed by atoms with Crippen LogP contribution in [0.3, 0.4) is 0 Å². The number of carbonyl (C=O) groups excluding carboxylic acids is 1. The fourth-order valence-corrected chi connectivity index (χ4v) is 3.37. The van der Waals surface area contributed by atoms with Crippen molar-refractivity contribution in [2.45, 2.75) is 26.2 Å². The smallest absolute Gasteiger partial charge is 0.242 e. The summed E-state index contributed by atoms with van der Waals surface area (Å²) < 4.78 is 0. The van der Waals surface area contributed by atoms with Crippen LogP contribution in [-0.2, 0) is 11.2 Å². The van der Waals surface area contributed by atoms with E-state index in [1.54, 1.807) is 17.3 Å². The van der Waals surface area contributed by atoms with E-state index in [4.69, 9.17) is 0 Å². The van der Waals surface area contributed by atoms with Crippen LogP contribution in [0.4, 0.5) is 0 Å². The van der Waals surface area contributed by atoms with Gasteiger partial charge in [0, 0.05) is 36.7 Å². The number of carbonyl (C=O) groups is 1. The highest BCUT2D eigenvalue weighted by Crippen LogP contribution is 2.21. The first kappa shape index (κ1) is 17.8. The third kappa shape index (κ3) is 3.60. The van der Waals surface area contributed by atoms with Crippen molar-refractivity contribution in [3.63, 3.8) is 0 Å². The molecule has 1 aliphatic heterocycles. The van der Waals surface area contributed by atoms with Gasteiger partial charge in [-0.3, -0.25) is 14.8 Å². The van der Waals surface area contributed by atoms with Crippen molar-refractivity contribution in [2.75, 3.05) is 6.54 Å². The number of nitrogens with zero attached hydrogens (tertiary/aromatic N) is 5. The number of aromatic nitrogens is 2. The summed E-state index contributed by atoms with van der Waals surface area (Å²) in [5, 5.41) is 16.4. The summed E-state index contributed by atoms with van der Waals surface area (Å²) in [4.78, 5) is 21.1. The fourth-order valence-electron chi connectivity index (χ4n) is 3.37. The number of nitriles is 1. The molecule has 0 atom stereocenters. The van der Waals surface area contributed by atoms with Crippen LogP contribution < -0.4 is 0 Å². The molecule has 3 aromatic rings. The van der Waals surface area contributed by atoms with Gasteiger partial charge in [0.15, 0.2) is 0 Å². The third-order valence-corrected chi connectivity index (χ3v) is 4.79. The second kappa shape index (κ2) is 7.57. The lowest BCUT2D eigenvalue weighted by molar-refractivity contribution is -0.127. The van der Waals surface area contributed by atoms with Gasteiger partial charge in [-0.05, 0) is 55.3 Å². The molecule has 1 aromatic carbocycles. The average Bonchev–Trinajstić information content (AvgIpc) is 3.12. The summed E-state index contributed by atoms with van der Waals surface area (Å²) in [5.41, 5.74) is 4.78. The highest BCUT2D eigenvalue weighted by molar-refractivity contribution is 6.02. The molecule has 4 rings (SSSR count). The molecule has 0 spiro atoms. The lowest BCUT2D eigenvalue weighted by Gasteiger charge is -2.14. The standard InChI is InChI=1S/C22H19N5O/c1-15-4-2-5-20(25-15)21(26-27-11-3-6-22(27)28)13-17-9-10-24-19-8-7-16(14-23)12-18(17)19/h2,4-5,7-10,12H,3,6,11,13H2,1H3. The minimum absolute atomic E-state index is 0.0384. The number of hydrogen-bond donors (Lipinski definition) is 0. The van der Waals surface area contributed by atoms with Gasteiger partial charge in [-0.15, -0.1) is 0 Å². The summed E-state index contributed by atoms with van der Waals surface area (Å²) >= 11 is 0. The summed E-state index contributed by atoms with van der Waals surface area (Å²) in [6.45, 7) is 2.56. The van der Waals surface area contributed by atoms with Gasteiger partial charge in [-0.1, -0.05) is 6.07 Å². The third-order valence-electron chi connectivity index (χ3n) is 4.79. The maximum absolute atomic E-state index is 12.1. The lowest BCUT2D eigenvalue weighted by atomic mass is 10.0. The van der Waals surface area contributed by atoms with Crippen LogP contribution in [-0.4, -0.2) is 33.1 Å². The second-order valence-electron chi connectivity index (χ2n) is 6.82. The van der Waals surface area contributed by atoms with Gasteiger partial charge in [-0.2, -0.15) is 10.4 Å². The maximum atomic E-state index is 12.1. The molecule has 28 heavy (non-hydrogen) atoms. The second-order valence-corrected chi connectivity index (χ2v) is 6.82. The largest absolute Gasteiger partial charge is 0.273 e. The van der Waals surface area contributed by atoms with Gasteiger partial charge in [0.05, 0.1) is 28.6 Å². The highest BCUT2D eigenvalue weighted by atomic mass is 16.2. The Balaban J connectivity index is 1.80. The molecular formula is C22H19N5O. The van der Waals surface area contributed by atoms with Gasteiger partial charge in [0.2, 0.25) is 5.91 Å². The molecule has 0 saturated carbocycles. The number of hydrazone groups is 1. The van der Waals surface area contributed by atoms with Crippen LogP contribution in [0.25, 0.3) is 10.9 Å². The number of aryl methyl sites for hydroxylation is 1. The summed E-state index contributed by atoms with van der Waals surface area (Å²) in [5.74, 6) is 0.0384. The van der Waals surface area contributed by atoms with E-state index in [1.165, 1.54) is 0 Å². The number of rotatable bonds is 4. The van der Waals surface area contributed by atoms with Gasteiger partial charge < -0.3 is 0 Å². The van der Waals surface area contributed by atoms with E-state index >= 15 is 0 Å². The first-order valence-corrected chi connectivity index (χ1v) is 9.23. The van der Waals surface area contributed by atoms with Crippen LogP contribution in [0.15, 0.2) is 53.8 Å². The zero-order chi connectivity index (χ0) is 19.5. The maximum Gasteiger partial charge on any atom is 0.242 e. The average molecular weight is 369 g/mol. The van der Waals surface area contributed by atoms with E-state index in [1.807, 2.05) is 43.3 Å². The monoisotopic (exact) mass is 369 g/mol. The number of amides is 1. The highest BCUT2D eigenvalue weighted by Gasteiger charge is 2.21. The Morgan fingerprint density at radius 2 is 2.18 bits per heavy atom. The Hall–Kier alpha value is -3.59. The molecule has 0 aliphatic carbocycles. The molecule has 138 valence electrons. The van der Waals surface area contributed by atoms with E-state index in [2.05, 4.69) is 21.1 Å². The predicted molar refractivity (Wildman–Crippen MR) is 107 cm³/mol. The van der Waals surface area contributed by atoms with Crippen LogP contribution >= 0.6 is 0 Å². The van der Waals surface area contributed by atoms with E-state index in [9.17, 15) is 10.1 Å². The van der Waals surface area contributed by atoms with Crippen LogP contribution in [0.2, 0.25) is 0 Å². The Morgan fingerprint density at radius 1 is 1.29 bits per heavy atom. The summed E-state index contributed by atoms with van der Waals surface area (Å²) in [6.07, 6.45) is 3.60. The number of benzene rings is 1. The van der Waals surface area contributed by atoms with Crippen molar-refractivity contribution in [3.8, 4) is 6.07 Å². The number of hydrogen-bond acceptors (Lipinski definition) is 5. The van der Waals surface area contributed by atoms with Crippen molar-refractivity contribution >= 4 is 22.5 Å². The summed E-state index contributed by atoms with van der Waals surface area (Å²) in [6, 6.07) is 15.4. The van der Waals surface area contributed by atoms with Gasteiger partial charge in [0.25, 0.3) is 0 Å². The Bertz CT molecular complexity index is 1130. The van der Waals surface area contributed by atoms with Crippen LogP contribution in [0, 0.1) is 18.3 Å². The summed E-state index contributed by atoms with van der Waals surface area (Å²) in [7, 11) is 0. The topological polar surface area (TPSA) is 82.2 Å². The molecule has 0 unspecified atom stereocenters.